The standard InChI is InChI=1S/C15H22N2O3/c18-14(20-11-13-5-2-1-3-6-13)17-12-15(19)7-4-9-16-10-8-15/h1-3,5-6,16,19H,4,7-12H2,(H,17,18)/t15-/m0/s1. The fourth-order valence-electron chi connectivity index (χ4n) is 2.30. The molecule has 3 N–H and O–H groups in total. The van der Waals surface area contributed by atoms with Gasteiger partial charge in [0.15, 0.2) is 0 Å². The van der Waals surface area contributed by atoms with E-state index < -0.39 is 11.7 Å². The summed E-state index contributed by atoms with van der Waals surface area (Å²) < 4.78 is 5.12. The maximum Gasteiger partial charge on any atom is 0.407 e. The van der Waals surface area contributed by atoms with Crippen molar-refractivity contribution in [2.75, 3.05) is 19.6 Å². The van der Waals surface area contributed by atoms with E-state index in [1.165, 1.54) is 0 Å². The molecule has 110 valence electrons. The van der Waals surface area contributed by atoms with Crippen LogP contribution in [0.3, 0.4) is 0 Å². The summed E-state index contributed by atoms with van der Waals surface area (Å²) in [5, 5.41) is 16.3. The van der Waals surface area contributed by atoms with Gasteiger partial charge in [-0.25, -0.2) is 4.79 Å². The van der Waals surface area contributed by atoms with Crippen LogP contribution in [0.25, 0.3) is 0 Å². The molecule has 5 heteroatoms. The number of ether oxygens (including phenoxy) is 1. The van der Waals surface area contributed by atoms with Gasteiger partial charge in [0, 0.05) is 6.54 Å². The third-order valence-corrected chi connectivity index (χ3v) is 3.54. The first kappa shape index (κ1) is 14.8. The number of benzene rings is 1. The molecule has 0 radical (unpaired) electrons. The lowest BCUT2D eigenvalue weighted by Crippen LogP contribution is -2.43. The highest BCUT2D eigenvalue weighted by Crippen LogP contribution is 2.18. The van der Waals surface area contributed by atoms with Crippen molar-refractivity contribution in [3.63, 3.8) is 0 Å². The predicted molar refractivity (Wildman–Crippen MR) is 76.3 cm³/mol. The second-order valence-corrected chi connectivity index (χ2v) is 5.24. The van der Waals surface area contributed by atoms with Crippen LogP contribution in [0.4, 0.5) is 4.79 Å². The first-order valence-corrected chi connectivity index (χ1v) is 7.06. The average Bonchev–Trinajstić information content (AvgIpc) is 2.69. The van der Waals surface area contributed by atoms with Crippen LogP contribution in [0.1, 0.15) is 24.8 Å². The van der Waals surface area contributed by atoms with Crippen LogP contribution >= 0.6 is 0 Å². The van der Waals surface area contributed by atoms with E-state index in [0.717, 1.165) is 25.1 Å². The van der Waals surface area contributed by atoms with Gasteiger partial charge in [-0.2, -0.15) is 0 Å². The Morgan fingerprint density at radius 3 is 2.90 bits per heavy atom. The minimum absolute atomic E-state index is 0.238. The molecule has 1 atom stereocenters. The smallest absolute Gasteiger partial charge is 0.407 e. The minimum atomic E-state index is -0.824. The largest absolute Gasteiger partial charge is 0.445 e. The summed E-state index contributed by atoms with van der Waals surface area (Å²) in [4.78, 5) is 11.6. The van der Waals surface area contributed by atoms with Gasteiger partial charge >= 0.3 is 6.09 Å². The molecule has 0 aromatic heterocycles. The molecule has 0 bridgehead atoms. The van der Waals surface area contributed by atoms with Gasteiger partial charge in [-0.05, 0) is 37.9 Å². The Morgan fingerprint density at radius 1 is 1.30 bits per heavy atom. The number of rotatable bonds is 4. The summed E-state index contributed by atoms with van der Waals surface area (Å²) in [6.45, 7) is 2.17. The summed E-state index contributed by atoms with van der Waals surface area (Å²) in [5.74, 6) is 0. The zero-order valence-corrected chi connectivity index (χ0v) is 11.6. The number of carbonyl (C=O) groups is 1. The predicted octanol–water partition coefficient (Wildman–Crippen LogP) is 1.42. The van der Waals surface area contributed by atoms with Crippen molar-refractivity contribution in [2.45, 2.75) is 31.5 Å². The van der Waals surface area contributed by atoms with Crippen LogP contribution in [-0.4, -0.2) is 36.4 Å². The van der Waals surface area contributed by atoms with E-state index in [9.17, 15) is 9.90 Å². The molecular formula is C15H22N2O3. The molecule has 1 aromatic carbocycles. The number of aliphatic hydroxyl groups is 1. The molecule has 0 aliphatic carbocycles. The number of hydrogen-bond donors (Lipinski definition) is 3. The average molecular weight is 278 g/mol. The Bertz CT molecular complexity index is 414. The van der Waals surface area contributed by atoms with Gasteiger partial charge in [0.1, 0.15) is 6.61 Å². The molecule has 0 saturated carbocycles. The van der Waals surface area contributed by atoms with Crippen molar-refractivity contribution < 1.29 is 14.6 Å². The molecule has 5 nitrogen and oxygen atoms in total. The molecule has 2 rings (SSSR count). The third-order valence-electron chi connectivity index (χ3n) is 3.54. The fourth-order valence-corrected chi connectivity index (χ4v) is 2.30. The quantitative estimate of drug-likeness (QED) is 0.779. The zero-order valence-electron chi connectivity index (χ0n) is 11.6. The lowest BCUT2D eigenvalue weighted by molar-refractivity contribution is 0.0266. The van der Waals surface area contributed by atoms with Gasteiger partial charge in [0.05, 0.1) is 5.60 Å². The Labute approximate surface area is 119 Å². The molecule has 1 fully saturated rings. The van der Waals surface area contributed by atoms with Gasteiger partial charge < -0.3 is 20.5 Å². The summed E-state index contributed by atoms with van der Waals surface area (Å²) in [6.07, 6.45) is 1.77. The van der Waals surface area contributed by atoms with Crippen LogP contribution in [-0.2, 0) is 11.3 Å². The first-order valence-electron chi connectivity index (χ1n) is 7.06. The Morgan fingerprint density at radius 2 is 2.10 bits per heavy atom. The summed E-state index contributed by atoms with van der Waals surface area (Å²) >= 11 is 0. The first-order chi connectivity index (χ1) is 9.68. The van der Waals surface area contributed by atoms with E-state index in [1.807, 2.05) is 30.3 Å². The number of nitrogens with one attached hydrogen (secondary N) is 2. The minimum Gasteiger partial charge on any atom is -0.445 e. The molecule has 0 unspecified atom stereocenters. The summed E-state index contributed by atoms with van der Waals surface area (Å²) in [7, 11) is 0. The van der Waals surface area contributed by atoms with Crippen molar-refractivity contribution in [3.8, 4) is 0 Å². The Balaban J connectivity index is 1.71. The highest BCUT2D eigenvalue weighted by Gasteiger charge is 2.28. The molecule has 1 heterocycles. The molecule has 1 aliphatic heterocycles. The van der Waals surface area contributed by atoms with Crippen molar-refractivity contribution in [2.24, 2.45) is 0 Å². The van der Waals surface area contributed by atoms with E-state index in [-0.39, 0.29) is 13.2 Å². The van der Waals surface area contributed by atoms with Gasteiger partial charge in [0.2, 0.25) is 0 Å². The maximum atomic E-state index is 11.6. The maximum absolute atomic E-state index is 11.6. The number of alkyl carbamates (subject to hydrolysis) is 1. The van der Waals surface area contributed by atoms with E-state index in [1.54, 1.807) is 0 Å². The second kappa shape index (κ2) is 7.26. The zero-order chi connectivity index (χ0) is 14.3. The molecular weight excluding hydrogens is 256 g/mol. The Hall–Kier alpha value is -1.59. The molecule has 1 aromatic rings. The molecule has 1 saturated heterocycles. The van der Waals surface area contributed by atoms with E-state index in [2.05, 4.69) is 10.6 Å². The van der Waals surface area contributed by atoms with Gasteiger partial charge in [-0.1, -0.05) is 30.3 Å². The molecule has 20 heavy (non-hydrogen) atoms. The van der Waals surface area contributed by atoms with Crippen molar-refractivity contribution >= 4 is 6.09 Å². The lowest BCUT2D eigenvalue weighted by Gasteiger charge is -2.26. The monoisotopic (exact) mass is 278 g/mol. The fraction of sp³-hybridized carbons (Fsp3) is 0.533. The Kier molecular flexibility index (Phi) is 5.38. The van der Waals surface area contributed by atoms with E-state index in [4.69, 9.17) is 4.74 Å². The van der Waals surface area contributed by atoms with Crippen LogP contribution < -0.4 is 10.6 Å². The van der Waals surface area contributed by atoms with Crippen molar-refractivity contribution in [1.29, 1.82) is 0 Å². The van der Waals surface area contributed by atoms with Crippen LogP contribution in [0.15, 0.2) is 30.3 Å². The SMILES string of the molecule is O=C(NC[C@]1(O)CCCNCC1)OCc1ccccc1. The number of amides is 1. The van der Waals surface area contributed by atoms with Crippen molar-refractivity contribution in [1.82, 2.24) is 10.6 Å². The summed E-state index contributed by atoms with van der Waals surface area (Å²) in [5.41, 5.74) is 0.120. The number of hydrogen-bond acceptors (Lipinski definition) is 4. The van der Waals surface area contributed by atoms with Crippen LogP contribution in [0, 0.1) is 0 Å². The highest BCUT2D eigenvalue weighted by molar-refractivity contribution is 5.67. The van der Waals surface area contributed by atoms with Crippen molar-refractivity contribution in [3.05, 3.63) is 35.9 Å². The third kappa shape index (κ3) is 4.83. The molecule has 0 spiro atoms. The van der Waals surface area contributed by atoms with E-state index in [0.29, 0.717) is 12.8 Å². The lowest BCUT2D eigenvalue weighted by atomic mass is 9.95. The normalized spacial score (nSPS) is 22.9. The highest BCUT2D eigenvalue weighted by atomic mass is 16.5. The van der Waals surface area contributed by atoms with Gasteiger partial charge in [0.25, 0.3) is 0 Å². The molecule has 1 aliphatic rings. The topological polar surface area (TPSA) is 70.6 Å². The number of carbonyl (C=O) groups excluding carboxylic acids is 1. The van der Waals surface area contributed by atoms with Gasteiger partial charge in [-0.3, -0.25) is 0 Å². The van der Waals surface area contributed by atoms with Crippen LogP contribution in [0.5, 0.6) is 0 Å². The van der Waals surface area contributed by atoms with Crippen LogP contribution in [0.2, 0.25) is 0 Å². The van der Waals surface area contributed by atoms with E-state index >= 15 is 0 Å². The second-order valence-electron chi connectivity index (χ2n) is 5.24. The molecule has 1 amide bonds. The summed E-state index contributed by atoms with van der Waals surface area (Å²) in [6, 6.07) is 9.52. The van der Waals surface area contributed by atoms with Gasteiger partial charge in [-0.15, -0.1) is 0 Å².